The van der Waals surface area contributed by atoms with Gasteiger partial charge < -0.3 is 15.0 Å². The van der Waals surface area contributed by atoms with E-state index >= 15 is 0 Å². The molecule has 0 radical (unpaired) electrons. The van der Waals surface area contributed by atoms with Crippen molar-refractivity contribution in [2.45, 2.75) is 19.3 Å². The molecule has 0 spiro atoms. The fourth-order valence-electron chi connectivity index (χ4n) is 1.43. The number of halogens is 4. The number of hydrogen-bond donors (Lipinski definition) is 1. The van der Waals surface area contributed by atoms with Crippen LogP contribution in [0.25, 0.3) is 0 Å². The van der Waals surface area contributed by atoms with Gasteiger partial charge in [-0.15, -0.1) is 0 Å². The molecule has 128 valence electrons. The summed E-state index contributed by atoms with van der Waals surface area (Å²) in [4.78, 5) is 24.0. The average molecular weight is 336 g/mol. The van der Waals surface area contributed by atoms with Gasteiger partial charge in [-0.3, -0.25) is 9.59 Å². The highest BCUT2D eigenvalue weighted by molar-refractivity contribution is 5.97. The second-order valence-corrected chi connectivity index (χ2v) is 4.95. The summed E-state index contributed by atoms with van der Waals surface area (Å²) >= 11 is 0. The number of hydrogen-bond acceptors (Lipinski definition) is 3. The highest BCUT2D eigenvalue weighted by atomic mass is 19.3. The average Bonchev–Trinajstić information content (AvgIpc) is 2.46. The van der Waals surface area contributed by atoms with Crippen LogP contribution in [0.4, 0.5) is 23.2 Å². The van der Waals surface area contributed by atoms with Gasteiger partial charge in [0, 0.05) is 14.1 Å². The van der Waals surface area contributed by atoms with Crippen LogP contribution in [0.3, 0.4) is 0 Å². The van der Waals surface area contributed by atoms with Gasteiger partial charge in [-0.05, 0) is 24.6 Å². The van der Waals surface area contributed by atoms with Crippen LogP contribution in [0.15, 0.2) is 18.2 Å². The summed E-state index contributed by atoms with van der Waals surface area (Å²) in [7, 11) is 2.99. The van der Waals surface area contributed by atoms with Crippen LogP contribution >= 0.6 is 0 Å². The first-order chi connectivity index (χ1) is 10.6. The molecule has 1 rings (SSSR count). The van der Waals surface area contributed by atoms with Gasteiger partial charge in [-0.25, -0.2) is 8.78 Å². The Morgan fingerprint density at radius 1 is 1.30 bits per heavy atom. The maximum atomic E-state index is 13.0. The lowest BCUT2D eigenvalue weighted by Gasteiger charge is -2.18. The van der Waals surface area contributed by atoms with Crippen molar-refractivity contribution in [1.29, 1.82) is 0 Å². The SMILES string of the molecule is Cc1ccc(NC(=O)C(F)(F)C(F)F)c(OCC(=O)N(C)C)c1. The topological polar surface area (TPSA) is 58.6 Å². The molecular formula is C14H16F4N2O3. The van der Waals surface area contributed by atoms with Crippen molar-refractivity contribution < 1.29 is 31.9 Å². The fourth-order valence-corrected chi connectivity index (χ4v) is 1.43. The predicted molar refractivity (Wildman–Crippen MR) is 74.9 cm³/mol. The smallest absolute Gasteiger partial charge is 0.383 e. The van der Waals surface area contributed by atoms with Gasteiger partial charge >= 0.3 is 18.3 Å². The minimum atomic E-state index is -4.83. The Morgan fingerprint density at radius 3 is 2.43 bits per heavy atom. The number of nitrogens with one attached hydrogen (secondary N) is 1. The van der Waals surface area contributed by atoms with Crippen LogP contribution in [-0.2, 0) is 9.59 Å². The molecule has 0 heterocycles. The molecule has 0 aromatic heterocycles. The van der Waals surface area contributed by atoms with Gasteiger partial charge in [0.2, 0.25) is 0 Å². The fraction of sp³-hybridized carbons (Fsp3) is 0.429. The Hall–Kier alpha value is -2.32. The molecule has 0 unspecified atom stereocenters. The maximum Gasteiger partial charge on any atom is 0.383 e. The number of amides is 2. The van der Waals surface area contributed by atoms with E-state index in [0.717, 1.165) is 0 Å². The number of rotatable bonds is 6. The summed E-state index contributed by atoms with van der Waals surface area (Å²) in [5.74, 6) is -7.46. The van der Waals surface area contributed by atoms with Gasteiger partial charge in [0.25, 0.3) is 5.91 Å². The summed E-state index contributed by atoms with van der Waals surface area (Å²) in [6.07, 6.45) is -4.13. The molecule has 9 heteroatoms. The first-order valence-electron chi connectivity index (χ1n) is 6.46. The largest absolute Gasteiger partial charge is 0.482 e. The van der Waals surface area contributed by atoms with E-state index in [1.165, 1.54) is 37.2 Å². The lowest BCUT2D eigenvalue weighted by molar-refractivity contribution is -0.163. The normalized spacial score (nSPS) is 11.3. The molecule has 2 amide bonds. The molecule has 0 aliphatic rings. The number of aryl methyl sites for hydroxylation is 1. The highest BCUT2D eigenvalue weighted by Crippen LogP contribution is 2.29. The number of anilines is 1. The van der Waals surface area contributed by atoms with Gasteiger partial charge in [-0.2, -0.15) is 8.78 Å². The lowest BCUT2D eigenvalue weighted by atomic mass is 10.2. The Bertz CT molecular complexity index is 591. The van der Waals surface area contributed by atoms with Crippen molar-refractivity contribution in [2.75, 3.05) is 26.0 Å². The van der Waals surface area contributed by atoms with Crippen molar-refractivity contribution in [3.8, 4) is 5.75 Å². The maximum absolute atomic E-state index is 13.0. The van der Waals surface area contributed by atoms with E-state index in [2.05, 4.69) is 0 Å². The third-order valence-electron chi connectivity index (χ3n) is 2.81. The van der Waals surface area contributed by atoms with E-state index in [4.69, 9.17) is 4.74 Å². The zero-order valence-electron chi connectivity index (χ0n) is 12.7. The molecule has 1 aromatic rings. The van der Waals surface area contributed by atoms with Gasteiger partial charge in [0.1, 0.15) is 5.75 Å². The number of likely N-dealkylation sites (N-methyl/N-ethyl adjacent to an activating group) is 1. The van der Waals surface area contributed by atoms with E-state index in [9.17, 15) is 27.2 Å². The van der Waals surface area contributed by atoms with Crippen LogP contribution in [0.1, 0.15) is 5.56 Å². The molecule has 0 fully saturated rings. The second-order valence-electron chi connectivity index (χ2n) is 4.95. The Kier molecular flexibility index (Phi) is 5.94. The zero-order valence-corrected chi connectivity index (χ0v) is 12.7. The summed E-state index contributed by atoms with van der Waals surface area (Å²) in [6, 6.07) is 4.08. The van der Waals surface area contributed by atoms with E-state index in [1.54, 1.807) is 12.2 Å². The first-order valence-corrected chi connectivity index (χ1v) is 6.46. The minimum Gasteiger partial charge on any atom is -0.482 e. The van der Waals surface area contributed by atoms with E-state index < -0.39 is 30.8 Å². The molecule has 1 N–H and O–H groups in total. The van der Waals surface area contributed by atoms with Crippen molar-refractivity contribution in [3.63, 3.8) is 0 Å². The van der Waals surface area contributed by atoms with Gasteiger partial charge in [0.15, 0.2) is 6.61 Å². The molecule has 23 heavy (non-hydrogen) atoms. The zero-order chi connectivity index (χ0) is 17.8. The Morgan fingerprint density at radius 2 is 1.91 bits per heavy atom. The Labute approximate surface area is 130 Å². The van der Waals surface area contributed by atoms with Crippen LogP contribution in [0.2, 0.25) is 0 Å². The molecule has 0 saturated heterocycles. The predicted octanol–water partition coefficient (Wildman–Crippen LogP) is 2.30. The third-order valence-corrected chi connectivity index (χ3v) is 2.81. The van der Waals surface area contributed by atoms with E-state index in [1.807, 2.05) is 0 Å². The standard InChI is InChI=1S/C14H16F4N2O3/c1-8-4-5-9(19-13(22)14(17,18)12(15)16)10(6-8)23-7-11(21)20(2)3/h4-6,12H,7H2,1-3H3,(H,19,22). The molecule has 0 saturated carbocycles. The molecular weight excluding hydrogens is 320 g/mol. The molecule has 0 atom stereocenters. The molecule has 0 aliphatic heterocycles. The quantitative estimate of drug-likeness (QED) is 0.811. The monoisotopic (exact) mass is 336 g/mol. The lowest BCUT2D eigenvalue weighted by Crippen LogP contribution is -2.41. The third kappa shape index (κ3) is 4.83. The summed E-state index contributed by atoms with van der Waals surface area (Å²) in [6.45, 7) is 1.27. The number of ether oxygens (including phenoxy) is 1. The number of carbonyl (C=O) groups is 2. The van der Waals surface area contributed by atoms with Gasteiger partial charge in [-0.1, -0.05) is 6.07 Å². The van der Waals surface area contributed by atoms with Crippen LogP contribution in [0.5, 0.6) is 5.75 Å². The van der Waals surface area contributed by atoms with Crippen LogP contribution < -0.4 is 10.1 Å². The van der Waals surface area contributed by atoms with Gasteiger partial charge in [0.05, 0.1) is 5.69 Å². The molecule has 5 nitrogen and oxygen atoms in total. The molecule has 1 aromatic carbocycles. The number of benzene rings is 1. The van der Waals surface area contributed by atoms with Crippen molar-refractivity contribution in [1.82, 2.24) is 4.90 Å². The minimum absolute atomic E-state index is 0.0707. The highest BCUT2D eigenvalue weighted by Gasteiger charge is 2.49. The summed E-state index contributed by atoms with van der Waals surface area (Å²) in [5.41, 5.74) is 0.434. The number of alkyl halides is 4. The first kappa shape index (κ1) is 18.7. The summed E-state index contributed by atoms with van der Waals surface area (Å²) in [5, 5.41) is 1.69. The Balaban J connectivity index is 2.95. The second kappa shape index (κ2) is 7.30. The van der Waals surface area contributed by atoms with E-state index in [-0.39, 0.29) is 11.4 Å². The van der Waals surface area contributed by atoms with Crippen LogP contribution in [-0.4, -0.2) is 49.8 Å². The molecule has 0 aliphatic carbocycles. The van der Waals surface area contributed by atoms with Crippen molar-refractivity contribution in [3.05, 3.63) is 23.8 Å². The molecule has 0 bridgehead atoms. The van der Waals surface area contributed by atoms with Crippen molar-refractivity contribution in [2.24, 2.45) is 0 Å². The number of nitrogens with zero attached hydrogens (tertiary/aromatic N) is 1. The summed E-state index contributed by atoms with van der Waals surface area (Å²) < 4.78 is 55.5. The van der Waals surface area contributed by atoms with Crippen molar-refractivity contribution >= 4 is 17.5 Å². The van der Waals surface area contributed by atoms with E-state index in [0.29, 0.717) is 5.56 Å². The van der Waals surface area contributed by atoms with Crippen LogP contribution in [0, 0.1) is 6.92 Å². The number of carbonyl (C=O) groups excluding carboxylic acids is 2.